The van der Waals surface area contributed by atoms with Gasteiger partial charge in [0.1, 0.15) is 6.04 Å². The molecular weight excluding hydrogens is 423 g/mol. The quantitative estimate of drug-likeness (QED) is 0.482. The molecule has 1 aromatic carbocycles. The highest BCUT2D eigenvalue weighted by Gasteiger charge is 2.45. The minimum Gasteiger partial charge on any atom is -0.545 e. The number of imide groups is 1. The van der Waals surface area contributed by atoms with Gasteiger partial charge in [-0.2, -0.15) is 0 Å². The first kappa shape index (κ1) is 21.3. The zero-order chi connectivity index (χ0) is 21.1. The number of ether oxygens (including phenoxy) is 1. The average molecular weight is 440 g/mol. The molecule has 2 aliphatic heterocycles. The number of carboxylic acid groups (broad SMARTS) is 1. The lowest BCUT2D eigenvalue weighted by atomic mass is 10.1. The maximum Gasteiger partial charge on any atom is 0.257 e. The number of carbonyl (C=O) groups is 4. The van der Waals surface area contributed by atoms with E-state index in [4.69, 9.17) is 27.9 Å². The third kappa shape index (κ3) is 4.60. The first-order valence-corrected chi connectivity index (χ1v) is 9.67. The van der Waals surface area contributed by atoms with Crippen LogP contribution in [0.4, 0.5) is 5.69 Å². The molecule has 3 amide bonds. The van der Waals surface area contributed by atoms with Crippen LogP contribution < -0.4 is 10.0 Å². The maximum absolute atomic E-state index is 13.1. The van der Waals surface area contributed by atoms with E-state index in [2.05, 4.69) is 0 Å². The van der Waals surface area contributed by atoms with E-state index in [9.17, 15) is 24.3 Å². The summed E-state index contributed by atoms with van der Waals surface area (Å²) in [6.07, 6.45) is 2.28. The molecule has 2 fully saturated rings. The van der Waals surface area contributed by atoms with Crippen molar-refractivity contribution in [2.24, 2.45) is 0 Å². The van der Waals surface area contributed by atoms with Gasteiger partial charge >= 0.3 is 0 Å². The predicted molar refractivity (Wildman–Crippen MR) is 102 cm³/mol. The highest BCUT2D eigenvalue weighted by Crippen LogP contribution is 2.37. The normalized spacial score (nSPS) is 21.9. The molecule has 0 bridgehead atoms. The molecule has 3 rings (SSSR count). The molecule has 0 N–H and O–H groups in total. The van der Waals surface area contributed by atoms with E-state index in [0.29, 0.717) is 19.1 Å². The van der Waals surface area contributed by atoms with Crippen LogP contribution in [0.25, 0.3) is 0 Å². The zero-order valence-corrected chi connectivity index (χ0v) is 16.7. The number of carbonyl (C=O) groups excluding carboxylic acids is 4. The van der Waals surface area contributed by atoms with Crippen molar-refractivity contribution in [3.63, 3.8) is 0 Å². The zero-order valence-electron chi connectivity index (χ0n) is 15.2. The van der Waals surface area contributed by atoms with E-state index in [1.165, 1.54) is 12.1 Å². The number of anilines is 1. The number of aliphatic carboxylic acids is 1. The van der Waals surface area contributed by atoms with Gasteiger partial charge in [-0.15, -0.1) is 0 Å². The molecule has 0 saturated carbocycles. The molecule has 0 aromatic heterocycles. The molecule has 1 aromatic rings. The van der Waals surface area contributed by atoms with E-state index in [1.807, 2.05) is 0 Å². The van der Waals surface area contributed by atoms with E-state index >= 15 is 0 Å². The van der Waals surface area contributed by atoms with Gasteiger partial charge < -0.3 is 19.5 Å². The van der Waals surface area contributed by atoms with Gasteiger partial charge in [0, 0.05) is 19.2 Å². The molecule has 0 aliphatic carbocycles. The standard InChI is InChI=1S/C19H18Cl2N2O6/c20-12-4-1-5-13(21)18(12)23-16(25)9-14(19(23)28)22(10-11-3-2-8-29-11)15(24)6-7-17(26)27/h1,4-7,11,14H,2-3,8-10H2,(H,26,27)/p-1/b7-6+/t11-,14-/m1/s1. The fourth-order valence-electron chi connectivity index (χ4n) is 3.41. The van der Waals surface area contributed by atoms with Crippen LogP contribution in [0, 0.1) is 0 Å². The molecule has 2 aliphatic rings. The second-order valence-corrected chi connectivity index (χ2v) is 7.45. The number of rotatable bonds is 6. The molecular formula is C19H17Cl2N2O6-. The van der Waals surface area contributed by atoms with Gasteiger partial charge in [0.05, 0.1) is 34.2 Å². The van der Waals surface area contributed by atoms with Crippen molar-refractivity contribution in [2.75, 3.05) is 18.1 Å². The van der Waals surface area contributed by atoms with E-state index in [1.54, 1.807) is 6.07 Å². The van der Waals surface area contributed by atoms with Gasteiger partial charge in [-0.1, -0.05) is 29.3 Å². The third-order valence-electron chi connectivity index (χ3n) is 4.73. The second kappa shape index (κ2) is 8.94. The Labute approximate surface area is 176 Å². The van der Waals surface area contributed by atoms with Gasteiger partial charge in [0.15, 0.2) is 0 Å². The predicted octanol–water partition coefficient (Wildman–Crippen LogP) is 0.939. The smallest absolute Gasteiger partial charge is 0.257 e. The number of benzene rings is 1. The molecule has 10 heteroatoms. The van der Waals surface area contributed by atoms with Gasteiger partial charge in [0.25, 0.3) is 5.91 Å². The number of carboxylic acids is 1. The fraction of sp³-hybridized carbons (Fsp3) is 0.368. The SMILES string of the molecule is O=C([O-])/C=C/C(=O)N(C[C@H]1CCCO1)[C@@H]1CC(=O)N(c2c(Cl)cccc2Cl)C1=O. The van der Waals surface area contributed by atoms with Crippen molar-refractivity contribution in [1.82, 2.24) is 4.90 Å². The highest BCUT2D eigenvalue weighted by atomic mass is 35.5. The first-order valence-electron chi connectivity index (χ1n) is 8.91. The summed E-state index contributed by atoms with van der Waals surface area (Å²) < 4.78 is 5.53. The van der Waals surface area contributed by atoms with Crippen LogP contribution in [0.15, 0.2) is 30.4 Å². The number of hydrogen-bond donors (Lipinski definition) is 0. The number of nitrogens with zero attached hydrogens (tertiary/aromatic N) is 2. The van der Waals surface area contributed by atoms with E-state index in [0.717, 1.165) is 22.3 Å². The Hall–Kier alpha value is -2.42. The lowest BCUT2D eigenvalue weighted by Crippen LogP contribution is -2.48. The van der Waals surface area contributed by atoms with Crippen LogP contribution in [0.5, 0.6) is 0 Å². The molecule has 8 nitrogen and oxygen atoms in total. The summed E-state index contributed by atoms with van der Waals surface area (Å²) in [6.45, 7) is 0.574. The monoisotopic (exact) mass is 439 g/mol. The summed E-state index contributed by atoms with van der Waals surface area (Å²) in [5, 5.41) is 10.9. The summed E-state index contributed by atoms with van der Waals surface area (Å²) >= 11 is 12.3. The lowest BCUT2D eigenvalue weighted by Gasteiger charge is -2.29. The molecule has 0 spiro atoms. The number of halogens is 2. The Morgan fingerprint density at radius 1 is 1.24 bits per heavy atom. The van der Waals surface area contributed by atoms with Crippen LogP contribution in [-0.2, 0) is 23.9 Å². The van der Waals surface area contributed by atoms with E-state index < -0.39 is 29.7 Å². The van der Waals surface area contributed by atoms with Gasteiger partial charge in [-0.25, -0.2) is 4.90 Å². The molecule has 154 valence electrons. The largest absolute Gasteiger partial charge is 0.545 e. The molecule has 0 radical (unpaired) electrons. The first-order chi connectivity index (χ1) is 13.8. The molecule has 29 heavy (non-hydrogen) atoms. The van der Waals surface area contributed by atoms with Crippen LogP contribution in [0.3, 0.4) is 0 Å². The van der Waals surface area contributed by atoms with Gasteiger partial charge in [-0.3, -0.25) is 14.4 Å². The molecule has 2 heterocycles. The molecule has 2 saturated heterocycles. The van der Waals surface area contributed by atoms with Crippen molar-refractivity contribution in [3.05, 3.63) is 40.4 Å². The van der Waals surface area contributed by atoms with Crippen LogP contribution >= 0.6 is 23.2 Å². The van der Waals surface area contributed by atoms with Gasteiger partial charge in [-0.05, 0) is 31.1 Å². The lowest BCUT2D eigenvalue weighted by molar-refractivity contribution is -0.297. The Bertz CT molecular complexity index is 861. The Morgan fingerprint density at radius 3 is 2.52 bits per heavy atom. The van der Waals surface area contributed by atoms with Crippen LogP contribution in [0.2, 0.25) is 10.0 Å². The maximum atomic E-state index is 13.1. The summed E-state index contributed by atoms with van der Waals surface area (Å²) in [7, 11) is 0. The summed E-state index contributed by atoms with van der Waals surface area (Å²) in [4.78, 5) is 51.0. The Kier molecular flexibility index (Phi) is 6.56. The fourth-order valence-corrected chi connectivity index (χ4v) is 3.98. The topological polar surface area (TPSA) is 107 Å². The van der Waals surface area contributed by atoms with E-state index in [-0.39, 0.29) is 34.8 Å². The highest BCUT2D eigenvalue weighted by molar-refractivity contribution is 6.42. The number of hydrogen-bond acceptors (Lipinski definition) is 6. The van der Waals surface area contributed by atoms with Crippen molar-refractivity contribution in [2.45, 2.75) is 31.4 Å². The second-order valence-electron chi connectivity index (χ2n) is 6.64. The van der Waals surface area contributed by atoms with Crippen molar-refractivity contribution >= 4 is 52.6 Å². The van der Waals surface area contributed by atoms with Crippen LogP contribution in [-0.4, -0.2) is 53.9 Å². The third-order valence-corrected chi connectivity index (χ3v) is 5.34. The van der Waals surface area contributed by atoms with Crippen molar-refractivity contribution in [1.29, 1.82) is 0 Å². The van der Waals surface area contributed by atoms with Crippen molar-refractivity contribution in [3.8, 4) is 0 Å². The summed E-state index contributed by atoms with van der Waals surface area (Å²) in [5.74, 6) is -3.51. The molecule has 2 atom stereocenters. The number of amides is 3. The summed E-state index contributed by atoms with van der Waals surface area (Å²) in [6, 6.07) is 3.44. The Balaban J connectivity index is 1.91. The number of para-hydroxylation sites is 1. The van der Waals surface area contributed by atoms with Crippen LogP contribution in [0.1, 0.15) is 19.3 Å². The molecule has 0 unspecified atom stereocenters. The Morgan fingerprint density at radius 2 is 1.93 bits per heavy atom. The van der Waals surface area contributed by atoms with Crippen molar-refractivity contribution < 1.29 is 29.0 Å². The van der Waals surface area contributed by atoms with Gasteiger partial charge in [0.2, 0.25) is 11.8 Å². The summed E-state index contributed by atoms with van der Waals surface area (Å²) in [5.41, 5.74) is 0.0585. The minimum atomic E-state index is -1.55. The average Bonchev–Trinajstić information content (AvgIpc) is 3.27. The minimum absolute atomic E-state index is 0.0456.